The highest BCUT2D eigenvalue weighted by Gasteiger charge is 2.19. The van der Waals surface area contributed by atoms with E-state index in [1.807, 2.05) is 24.3 Å². The molecule has 0 aliphatic carbocycles. The van der Waals surface area contributed by atoms with Crippen LogP contribution in [-0.2, 0) is 26.0 Å². The summed E-state index contributed by atoms with van der Waals surface area (Å²) in [5.41, 5.74) is 1.01. The van der Waals surface area contributed by atoms with Crippen molar-refractivity contribution in [3.05, 3.63) is 47.7 Å². The highest BCUT2D eigenvalue weighted by molar-refractivity contribution is 7.89. The van der Waals surface area contributed by atoms with Crippen LogP contribution in [0.4, 0.5) is 0 Å². The molecular formula is C16H18N2O7S. The van der Waals surface area contributed by atoms with E-state index in [4.69, 9.17) is 19.0 Å². The van der Waals surface area contributed by atoms with Crippen molar-refractivity contribution in [1.29, 1.82) is 0 Å². The maximum absolute atomic E-state index is 11.7. The summed E-state index contributed by atoms with van der Waals surface area (Å²) in [6, 6.07) is 9.52. The normalized spacial score (nSPS) is 11.0. The lowest BCUT2D eigenvalue weighted by Gasteiger charge is -2.06. The van der Waals surface area contributed by atoms with Crippen molar-refractivity contribution in [3.8, 4) is 5.75 Å². The second-order valence-corrected chi connectivity index (χ2v) is 6.68. The van der Waals surface area contributed by atoms with Gasteiger partial charge in [-0.3, -0.25) is 4.79 Å². The van der Waals surface area contributed by atoms with Crippen LogP contribution < -0.4 is 15.2 Å². The molecule has 0 bridgehead atoms. The number of rotatable bonds is 8. The number of nitrogens with one attached hydrogen (secondary N) is 1. The molecule has 2 aromatic rings. The summed E-state index contributed by atoms with van der Waals surface area (Å²) in [4.78, 5) is 23.4. The van der Waals surface area contributed by atoms with E-state index in [0.29, 0.717) is 13.0 Å². The molecule has 3 N–H and O–H groups in total. The van der Waals surface area contributed by atoms with Gasteiger partial charge in [0, 0.05) is 6.54 Å². The first-order chi connectivity index (χ1) is 12.3. The minimum Gasteiger partial charge on any atom is -0.497 e. The molecule has 0 aliphatic rings. The van der Waals surface area contributed by atoms with Gasteiger partial charge in [-0.05, 0) is 36.2 Å². The van der Waals surface area contributed by atoms with E-state index in [1.54, 1.807) is 7.11 Å². The molecule has 1 aromatic heterocycles. The number of furan rings is 1. The van der Waals surface area contributed by atoms with Crippen molar-refractivity contribution in [3.63, 3.8) is 0 Å². The van der Waals surface area contributed by atoms with Gasteiger partial charge in [0.1, 0.15) is 5.75 Å². The van der Waals surface area contributed by atoms with E-state index >= 15 is 0 Å². The molecule has 2 rings (SSSR count). The third-order valence-corrected chi connectivity index (χ3v) is 4.07. The molecule has 0 aliphatic heterocycles. The molecule has 0 spiro atoms. The van der Waals surface area contributed by atoms with Crippen molar-refractivity contribution in [2.45, 2.75) is 11.5 Å². The molecular weight excluding hydrogens is 364 g/mol. The summed E-state index contributed by atoms with van der Waals surface area (Å²) in [5, 5.41) is 6.91. The summed E-state index contributed by atoms with van der Waals surface area (Å²) in [7, 11) is -2.47. The average molecular weight is 382 g/mol. The Bertz CT molecular complexity index is 872. The van der Waals surface area contributed by atoms with Crippen molar-refractivity contribution in [2.75, 3.05) is 20.3 Å². The number of sulfonamides is 1. The summed E-state index contributed by atoms with van der Waals surface area (Å²) >= 11 is 0. The van der Waals surface area contributed by atoms with Gasteiger partial charge < -0.3 is 19.2 Å². The van der Waals surface area contributed by atoms with Crippen molar-refractivity contribution >= 4 is 21.9 Å². The zero-order chi connectivity index (χ0) is 19.2. The Kier molecular flexibility index (Phi) is 6.36. The van der Waals surface area contributed by atoms with Crippen LogP contribution in [-0.4, -0.2) is 40.6 Å². The number of methoxy groups -OCH3 is 1. The summed E-state index contributed by atoms with van der Waals surface area (Å²) in [6.45, 7) is -0.161. The monoisotopic (exact) mass is 382 g/mol. The molecule has 26 heavy (non-hydrogen) atoms. The molecule has 1 aromatic carbocycles. The van der Waals surface area contributed by atoms with Crippen molar-refractivity contribution in [2.24, 2.45) is 5.14 Å². The van der Waals surface area contributed by atoms with Crippen LogP contribution in [0, 0.1) is 0 Å². The summed E-state index contributed by atoms with van der Waals surface area (Å²) in [6.07, 6.45) is 0.597. The number of esters is 1. The first-order valence-electron chi connectivity index (χ1n) is 7.49. The number of ether oxygens (including phenoxy) is 2. The minimum absolute atomic E-state index is 0.360. The molecule has 10 heteroatoms. The zero-order valence-corrected chi connectivity index (χ0v) is 14.7. The number of hydrogen-bond acceptors (Lipinski definition) is 7. The van der Waals surface area contributed by atoms with Crippen molar-refractivity contribution in [1.82, 2.24) is 5.32 Å². The number of benzene rings is 1. The fraction of sp³-hybridized carbons (Fsp3) is 0.250. The Labute approximate surface area is 150 Å². The fourth-order valence-corrected chi connectivity index (χ4v) is 2.44. The van der Waals surface area contributed by atoms with Crippen LogP contribution in [0.1, 0.15) is 16.1 Å². The number of primary sulfonamides is 1. The Morgan fingerprint density at radius 2 is 1.85 bits per heavy atom. The van der Waals surface area contributed by atoms with Gasteiger partial charge >= 0.3 is 5.97 Å². The van der Waals surface area contributed by atoms with Gasteiger partial charge in [-0.25, -0.2) is 18.4 Å². The molecule has 140 valence electrons. The number of nitrogens with two attached hydrogens (primary N) is 1. The molecule has 0 fully saturated rings. The Morgan fingerprint density at radius 1 is 1.15 bits per heavy atom. The van der Waals surface area contributed by atoms with Crippen LogP contribution in [0.25, 0.3) is 0 Å². The lowest BCUT2D eigenvalue weighted by atomic mass is 10.1. The van der Waals surface area contributed by atoms with Crippen LogP contribution in [0.3, 0.4) is 0 Å². The van der Waals surface area contributed by atoms with Gasteiger partial charge in [-0.15, -0.1) is 0 Å². The van der Waals surface area contributed by atoms with E-state index in [9.17, 15) is 18.0 Å². The molecule has 0 unspecified atom stereocenters. The van der Waals surface area contributed by atoms with Gasteiger partial charge in [0.05, 0.1) is 7.11 Å². The first kappa shape index (κ1) is 19.5. The molecule has 1 amide bonds. The van der Waals surface area contributed by atoms with Crippen LogP contribution in [0.2, 0.25) is 0 Å². The maximum Gasteiger partial charge on any atom is 0.374 e. The predicted molar refractivity (Wildman–Crippen MR) is 90.1 cm³/mol. The molecule has 9 nitrogen and oxygen atoms in total. The standard InChI is InChI=1S/C16H18N2O7S/c1-23-12-4-2-11(3-5-12)8-9-18-14(19)10-24-16(20)13-6-7-15(25-13)26(17,21)22/h2-7H,8-10H2,1H3,(H,18,19)(H2,17,21,22). The van der Waals surface area contributed by atoms with Crippen LogP contribution >= 0.6 is 0 Å². The summed E-state index contributed by atoms with van der Waals surface area (Å²) in [5.74, 6) is -1.08. The second-order valence-electron chi connectivity index (χ2n) is 5.19. The molecule has 0 radical (unpaired) electrons. The third kappa shape index (κ3) is 5.60. The van der Waals surface area contributed by atoms with Gasteiger partial charge in [-0.1, -0.05) is 12.1 Å². The Morgan fingerprint density at radius 3 is 2.42 bits per heavy atom. The lowest BCUT2D eigenvalue weighted by Crippen LogP contribution is -2.30. The largest absolute Gasteiger partial charge is 0.497 e. The number of hydrogen-bond donors (Lipinski definition) is 2. The van der Waals surface area contributed by atoms with Gasteiger partial charge in [0.2, 0.25) is 10.9 Å². The number of carbonyl (C=O) groups excluding carboxylic acids is 2. The van der Waals surface area contributed by atoms with E-state index in [2.05, 4.69) is 5.32 Å². The van der Waals surface area contributed by atoms with E-state index in [0.717, 1.165) is 23.4 Å². The predicted octanol–water partition coefficient (Wildman–Crippen LogP) is 0.451. The molecule has 1 heterocycles. The molecule has 0 atom stereocenters. The molecule has 0 saturated carbocycles. The van der Waals surface area contributed by atoms with Gasteiger partial charge in [0.15, 0.2) is 6.61 Å². The van der Waals surface area contributed by atoms with E-state index < -0.39 is 33.6 Å². The van der Waals surface area contributed by atoms with Gasteiger partial charge in [-0.2, -0.15) is 0 Å². The fourth-order valence-electron chi connectivity index (χ4n) is 1.97. The van der Waals surface area contributed by atoms with Crippen LogP contribution in [0.15, 0.2) is 45.9 Å². The lowest BCUT2D eigenvalue weighted by molar-refractivity contribution is -0.124. The van der Waals surface area contributed by atoms with Crippen LogP contribution in [0.5, 0.6) is 5.75 Å². The average Bonchev–Trinajstić information content (AvgIpc) is 3.11. The number of amides is 1. The van der Waals surface area contributed by atoms with Crippen molar-refractivity contribution < 1.29 is 31.9 Å². The quantitative estimate of drug-likeness (QED) is 0.632. The second kappa shape index (κ2) is 8.50. The van der Waals surface area contributed by atoms with E-state index in [-0.39, 0.29) is 5.76 Å². The SMILES string of the molecule is COc1ccc(CCNC(=O)COC(=O)c2ccc(S(N)(=O)=O)o2)cc1. The highest BCUT2D eigenvalue weighted by atomic mass is 32.2. The first-order valence-corrected chi connectivity index (χ1v) is 9.03. The third-order valence-electron chi connectivity index (χ3n) is 3.29. The Hall–Kier alpha value is -2.85. The Balaban J connectivity index is 1.74. The topological polar surface area (TPSA) is 138 Å². The minimum atomic E-state index is -4.05. The van der Waals surface area contributed by atoms with Gasteiger partial charge in [0.25, 0.3) is 15.9 Å². The zero-order valence-electron chi connectivity index (χ0n) is 13.9. The summed E-state index contributed by atoms with van der Waals surface area (Å²) < 4.78 is 36.7. The highest BCUT2D eigenvalue weighted by Crippen LogP contribution is 2.13. The number of carbonyl (C=O) groups is 2. The smallest absolute Gasteiger partial charge is 0.374 e. The molecule has 0 saturated heterocycles. The van der Waals surface area contributed by atoms with E-state index in [1.165, 1.54) is 0 Å². The maximum atomic E-state index is 11.7.